The van der Waals surface area contributed by atoms with Gasteiger partial charge in [-0.15, -0.1) is 0 Å². The van der Waals surface area contributed by atoms with Crippen LogP contribution in [0.2, 0.25) is 0 Å². The molecule has 2 aromatic heterocycles. The summed E-state index contributed by atoms with van der Waals surface area (Å²) in [6.45, 7) is 1.88. The van der Waals surface area contributed by atoms with E-state index in [1.54, 1.807) is 18.3 Å². The molecule has 0 aliphatic heterocycles. The van der Waals surface area contributed by atoms with Crippen LogP contribution < -0.4 is 10.5 Å². The molecule has 0 amide bonds. The Balaban J connectivity index is 2.09. The van der Waals surface area contributed by atoms with Gasteiger partial charge in [0.1, 0.15) is 11.1 Å². The number of nitrogen functional groups attached to an aromatic ring is 1. The van der Waals surface area contributed by atoms with Crippen LogP contribution in [0, 0.1) is 18.3 Å². The Hall–Kier alpha value is -3.14. The molecule has 0 bridgehead atoms. The van der Waals surface area contributed by atoms with Crippen molar-refractivity contribution >= 4 is 17.0 Å². The number of H-pyrrole nitrogens is 1. The first-order valence-electron chi connectivity index (χ1n) is 5.82. The fourth-order valence-electron chi connectivity index (χ4n) is 1.79. The molecule has 20 heavy (non-hydrogen) atoms. The van der Waals surface area contributed by atoms with Crippen molar-refractivity contribution in [3.8, 4) is 17.7 Å². The van der Waals surface area contributed by atoms with Crippen LogP contribution in [-0.4, -0.2) is 20.2 Å². The Bertz CT molecular complexity index is 832. The smallest absolute Gasteiger partial charge is 0.235 e. The molecule has 0 saturated carbocycles. The fourth-order valence-corrected chi connectivity index (χ4v) is 1.79. The highest BCUT2D eigenvalue weighted by Gasteiger charge is 2.12. The zero-order valence-corrected chi connectivity index (χ0v) is 10.6. The molecule has 0 atom stereocenters. The predicted molar refractivity (Wildman–Crippen MR) is 72.1 cm³/mol. The lowest BCUT2D eigenvalue weighted by molar-refractivity contribution is 0.465. The van der Waals surface area contributed by atoms with Gasteiger partial charge in [-0.2, -0.15) is 20.3 Å². The number of hydrogen-bond donors (Lipinski definition) is 2. The van der Waals surface area contributed by atoms with Crippen LogP contribution in [0.4, 0.5) is 5.95 Å². The van der Waals surface area contributed by atoms with Crippen LogP contribution in [-0.2, 0) is 0 Å². The summed E-state index contributed by atoms with van der Waals surface area (Å²) >= 11 is 0. The molecule has 0 aliphatic rings. The molecule has 0 saturated heterocycles. The number of fused-ring (bicyclic) bond motifs is 1. The van der Waals surface area contributed by atoms with E-state index in [1.165, 1.54) is 0 Å². The lowest BCUT2D eigenvalue weighted by atomic mass is 10.1. The molecule has 0 aliphatic carbocycles. The van der Waals surface area contributed by atoms with Crippen LogP contribution in [0.5, 0.6) is 11.6 Å². The van der Waals surface area contributed by atoms with E-state index in [4.69, 9.17) is 15.7 Å². The van der Waals surface area contributed by atoms with Gasteiger partial charge in [-0.3, -0.25) is 5.10 Å². The predicted octanol–water partition coefficient (Wildman–Crippen LogP) is 1.91. The van der Waals surface area contributed by atoms with Gasteiger partial charge in [0.15, 0.2) is 5.65 Å². The molecular weight excluding hydrogens is 256 g/mol. The van der Waals surface area contributed by atoms with Crippen molar-refractivity contribution in [1.82, 2.24) is 20.2 Å². The first-order chi connectivity index (χ1) is 9.67. The Morgan fingerprint density at radius 2 is 2.20 bits per heavy atom. The molecule has 2 heterocycles. The fraction of sp³-hybridized carbons (Fsp3) is 0.0769. The quantitative estimate of drug-likeness (QED) is 0.732. The lowest BCUT2D eigenvalue weighted by Crippen LogP contribution is -1.98. The third-order valence-corrected chi connectivity index (χ3v) is 2.82. The maximum absolute atomic E-state index is 8.94. The normalized spacial score (nSPS) is 10.4. The van der Waals surface area contributed by atoms with Gasteiger partial charge in [0.25, 0.3) is 0 Å². The van der Waals surface area contributed by atoms with Gasteiger partial charge in [-0.05, 0) is 24.6 Å². The minimum atomic E-state index is 0.0887. The summed E-state index contributed by atoms with van der Waals surface area (Å²) < 4.78 is 5.76. The van der Waals surface area contributed by atoms with Gasteiger partial charge in [0.2, 0.25) is 11.8 Å². The number of aromatic nitrogens is 4. The molecule has 1 aromatic carbocycles. The van der Waals surface area contributed by atoms with Crippen LogP contribution in [0.15, 0.2) is 24.4 Å². The van der Waals surface area contributed by atoms with Gasteiger partial charge in [0.05, 0.1) is 17.8 Å². The average molecular weight is 266 g/mol. The second-order valence-corrected chi connectivity index (χ2v) is 4.21. The molecule has 0 unspecified atom stereocenters. The van der Waals surface area contributed by atoms with E-state index in [-0.39, 0.29) is 5.95 Å². The zero-order valence-electron chi connectivity index (χ0n) is 10.6. The third-order valence-electron chi connectivity index (χ3n) is 2.82. The summed E-state index contributed by atoms with van der Waals surface area (Å²) in [4.78, 5) is 8.08. The van der Waals surface area contributed by atoms with Crippen LogP contribution in [0.3, 0.4) is 0 Å². The first-order valence-corrected chi connectivity index (χ1v) is 5.82. The van der Waals surface area contributed by atoms with Crippen molar-refractivity contribution in [3.63, 3.8) is 0 Å². The third kappa shape index (κ3) is 1.99. The summed E-state index contributed by atoms with van der Waals surface area (Å²) in [7, 11) is 0. The highest BCUT2D eigenvalue weighted by Crippen LogP contribution is 2.29. The Kier molecular flexibility index (Phi) is 2.69. The average Bonchev–Trinajstić information content (AvgIpc) is 2.89. The van der Waals surface area contributed by atoms with E-state index >= 15 is 0 Å². The number of hydrogen-bond acceptors (Lipinski definition) is 6. The van der Waals surface area contributed by atoms with Crippen molar-refractivity contribution in [3.05, 3.63) is 35.5 Å². The minimum absolute atomic E-state index is 0.0887. The number of rotatable bonds is 2. The number of nitrogens with one attached hydrogen (secondary N) is 1. The Morgan fingerprint density at radius 3 is 3.00 bits per heavy atom. The second-order valence-electron chi connectivity index (χ2n) is 4.21. The first kappa shape index (κ1) is 11.9. The van der Waals surface area contributed by atoms with E-state index < -0.39 is 0 Å². The van der Waals surface area contributed by atoms with Gasteiger partial charge >= 0.3 is 0 Å². The van der Waals surface area contributed by atoms with Gasteiger partial charge in [0, 0.05) is 0 Å². The molecule has 0 fully saturated rings. The second kappa shape index (κ2) is 4.51. The maximum Gasteiger partial charge on any atom is 0.235 e. The van der Waals surface area contributed by atoms with E-state index in [0.29, 0.717) is 28.2 Å². The topological polar surface area (TPSA) is 113 Å². The van der Waals surface area contributed by atoms with Crippen molar-refractivity contribution in [2.24, 2.45) is 0 Å². The van der Waals surface area contributed by atoms with E-state index in [9.17, 15) is 0 Å². The number of nitrogens with two attached hydrogens (primary N) is 1. The Labute approximate surface area is 114 Å². The summed E-state index contributed by atoms with van der Waals surface area (Å²) in [5.74, 6) is 0.940. The number of nitriles is 1. The molecule has 0 spiro atoms. The standard InChI is InChI=1S/C13H10N6O/c1-7-2-3-8(5-14)4-10(7)20-12-9-6-16-19-11(9)17-13(15)18-12/h2-4,6H,1H3,(H3,15,16,17,18,19). The van der Waals surface area contributed by atoms with E-state index in [0.717, 1.165) is 5.56 Å². The molecule has 3 aromatic rings. The highest BCUT2D eigenvalue weighted by atomic mass is 16.5. The number of benzene rings is 1. The molecule has 7 nitrogen and oxygen atoms in total. The molecule has 7 heteroatoms. The number of ether oxygens (including phenoxy) is 1. The van der Waals surface area contributed by atoms with Crippen molar-refractivity contribution in [1.29, 1.82) is 5.26 Å². The van der Waals surface area contributed by atoms with E-state index in [2.05, 4.69) is 26.2 Å². The van der Waals surface area contributed by atoms with E-state index in [1.807, 2.05) is 13.0 Å². The zero-order chi connectivity index (χ0) is 14.1. The van der Waals surface area contributed by atoms with Crippen LogP contribution >= 0.6 is 0 Å². The summed E-state index contributed by atoms with van der Waals surface area (Å²) in [6.07, 6.45) is 1.56. The minimum Gasteiger partial charge on any atom is -0.438 e. The van der Waals surface area contributed by atoms with Crippen LogP contribution in [0.25, 0.3) is 11.0 Å². The van der Waals surface area contributed by atoms with Crippen molar-refractivity contribution in [2.45, 2.75) is 6.92 Å². The molecule has 3 rings (SSSR count). The summed E-state index contributed by atoms with van der Waals surface area (Å²) in [5, 5.41) is 16.2. The molecule has 0 radical (unpaired) electrons. The van der Waals surface area contributed by atoms with Crippen LogP contribution in [0.1, 0.15) is 11.1 Å². The lowest BCUT2D eigenvalue weighted by Gasteiger charge is -2.09. The number of nitrogens with zero attached hydrogens (tertiary/aromatic N) is 4. The highest BCUT2D eigenvalue weighted by molar-refractivity contribution is 5.80. The maximum atomic E-state index is 8.94. The SMILES string of the molecule is Cc1ccc(C#N)cc1Oc1nc(N)nc2[nH]ncc12. The number of aromatic amines is 1. The van der Waals surface area contributed by atoms with Gasteiger partial charge < -0.3 is 10.5 Å². The summed E-state index contributed by atoms with van der Waals surface area (Å²) in [6, 6.07) is 7.26. The summed E-state index contributed by atoms with van der Waals surface area (Å²) in [5.41, 5.74) is 7.53. The van der Waals surface area contributed by atoms with Crippen molar-refractivity contribution < 1.29 is 4.74 Å². The molecule has 98 valence electrons. The van der Waals surface area contributed by atoms with Crippen molar-refractivity contribution in [2.75, 3.05) is 5.73 Å². The molecular formula is C13H10N6O. The van der Waals surface area contributed by atoms with Gasteiger partial charge in [-0.25, -0.2) is 0 Å². The monoisotopic (exact) mass is 266 g/mol. The number of aryl methyl sites for hydroxylation is 1. The Morgan fingerprint density at radius 1 is 1.35 bits per heavy atom. The number of anilines is 1. The largest absolute Gasteiger partial charge is 0.438 e. The van der Waals surface area contributed by atoms with Gasteiger partial charge in [-0.1, -0.05) is 6.07 Å². The molecule has 3 N–H and O–H groups in total.